The normalized spacial score (nSPS) is 10.5. The van der Waals surface area contributed by atoms with E-state index in [2.05, 4.69) is 57.6 Å². The molecular weight excluding hydrogens is 298 g/mol. The minimum atomic E-state index is 0.604. The van der Waals surface area contributed by atoms with Crippen LogP contribution in [-0.2, 0) is 0 Å². The van der Waals surface area contributed by atoms with Gasteiger partial charge in [0.25, 0.3) is 0 Å². The number of hydrogen-bond acceptors (Lipinski definition) is 5. The van der Waals surface area contributed by atoms with Gasteiger partial charge in [-0.15, -0.1) is 0 Å². The maximum absolute atomic E-state index is 4.58. The summed E-state index contributed by atoms with van der Waals surface area (Å²) in [6.45, 7) is 6.96. The van der Waals surface area contributed by atoms with Gasteiger partial charge in [0, 0.05) is 36.3 Å². The molecule has 0 aliphatic carbocycles. The van der Waals surface area contributed by atoms with Gasteiger partial charge in [0.05, 0.1) is 5.69 Å². The molecule has 0 unspecified atom stereocenters. The number of nitrogens with zero attached hydrogens (tertiary/aromatic N) is 3. The van der Waals surface area contributed by atoms with Crippen molar-refractivity contribution in [2.24, 2.45) is 0 Å². The van der Waals surface area contributed by atoms with Crippen LogP contribution in [0.25, 0.3) is 11.3 Å². The van der Waals surface area contributed by atoms with Crippen LogP contribution in [-0.4, -0.2) is 21.5 Å². The van der Waals surface area contributed by atoms with Crippen LogP contribution < -0.4 is 10.6 Å². The van der Waals surface area contributed by atoms with E-state index < -0.39 is 0 Å². The Bertz CT molecular complexity index is 810. The van der Waals surface area contributed by atoms with E-state index in [1.54, 1.807) is 12.4 Å². The highest BCUT2D eigenvalue weighted by molar-refractivity contribution is 5.69. The van der Waals surface area contributed by atoms with E-state index in [-0.39, 0.29) is 0 Å². The highest BCUT2D eigenvalue weighted by Crippen LogP contribution is 2.26. The Morgan fingerprint density at radius 3 is 2.46 bits per heavy atom. The number of nitrogens with one attached hydrogen (secondary N) is 2. The molecule has 0 radical (unpaired) electrons. The average Bonchev–Trinajstić information content (AvgIpc) is 2.59. The SMILES string of the molecule is CCNc1nc(Nc2c(C)cccc2C)cc(-c2cccnc2)n1. The molecule has 3 aromatic rings. The lowest BCUT2D eigenvalue weighted by Crippen LogP contribution is -2.06. The second-order valence-corrected chi connectivity index (χ2v) is 5.63. The van der Waals surface area contributed by atoms with Crippen LogP contribution in [0.15, 0.2) is 48.8 Å². The monoisotopic (exact) mass is 319 g/mol. The summed E-state index contributed by atoms with van der Waals surface area (Å²) in [6.07, 6.45) is 3.56. The summed E-state index contributed by atoms with van der Waals surface area (Å²) >= 11 is 0. The van der Waals surface area contributed by atoms with Crippen LogP contribution in [0.4, 0.5) is 17.5 Å². The molecule has 24 heavy (non-hydrogen) atoms. The molecule has 2 N–H and O–H groups in total. The van der Waals surface area contributed by atoms with E-state index in [0.29, 0.717) is 5.95 Å². The van der Waals surface area contributed by atoms with Crippen molar-refractivity contribution in [2.75, 3.05) is 17.2 Å². The molecule has 3 rings (SSSR count). The summed E-state index contributed by atoms with van der Waals surface area (Å²) in [6, 6.07) is 12.1. The number of aryl methyl sites for hydroxylation is 2. The van der Waals surface area contributed by atoms with Gasteiger partial charge >= 0.3 is 0 Å². The minimum Gasteiger partial charge on any atom is -0.354 e. The molecule has 0 fully saturated rings. The van der Waals surface area contributed by atoms with Crippen molar-refractivity contribution in [3.63, 3.8) is 0 Å². The first-order valence-corrected chi connectivity index (χ1v) is 8.04. The highest BCUT2D eigenvalue weighted by Gasteiger charge is 2.09. The maximum atomic E-state index is 4.58. The molecule has 0 bridgehead atoms. The van der Waals surface area contributed by atoms with Crippen LogP contribution in [0.3, 0.4) is 0 Å². The Morgan fingerprint density at radius 1 is 1.00 bits per heavy atom. The first kappa shape index (κ1) is 15.9. The Balaban J connectivity index is 2.02. The summed E-state index contributed by atoms with van der Waals surface area (Å²) in [4.78, 5) is 13.3. The zero-order chi connectivity index (χ0) is 16.9. The van der Waals surface area contributed by atoms with E-state index in [9.17, 15) is 0 Å². The molecular formula is C19H21N5. The molecule has 0 aliphatic heterocycles. The molecule has 0 saturated heterocycles. The third kappa shape index (κ3) is 3.51. The fraction of sp³-hybridized carbons (Fsp3) is 0.211. The number of anilines is 3. The molecule has 0 aliphatic rings. The third-order valence-electron chi connectivity index (χ3n) is 3.75. The number of pyridine rings is 1. The molecule has 1 aromatic carbocycles. The van der Waals surface area contributed by atoms with Crippen LogP contribution in [0.1, 0.15) is 18.1 Å². The van der Waals surface area contributed by atoms with Gasteiger partial charge in [-0.2, -0.15) is 4.98 Å². The predicted molar refractivity (Wildman–Crippen MR) is 98.6 cm³/mol. The second kappa shape index (κ2) is 7.08. The lowest BCUT2D eigenvalue weighted by Gasteiger charge is -2.14. The van der Waals surface area contributed by atoms with Crippen molar-refractivity contribution in [2.45, 2.75) is 20.8 Å². The molecule has 5 heteroatoms. The molecule has 2 heterocycles. The van der Waals surface area contributed by atoms with E-state index >= 15 is 0 Å². The van der Waals surface area contributed by atoms with Gasteiger partial charge < -0.3 is 10.6 Å². The fourth-order valence-electron chi connectivity index (χ4n) is 2.55. The van der Waals surface area contributed by atoms with E-state index in [1.807, 2.05) is 25.1 Å². The topological polar surface area (TPSA) is 62.7 Å². The zero-order valence-electron chi connectivity index (χ0n) is 14.2. The molecule has 0 amide bonds. The third-order valence-corrected chi connectivity index (χ3v) is 3.75. The smallest absolute Gasteiger partial charge is 0.225 e. The number of aromatic nitrogens is 3. The Hall–Kier alpha value is -2.95. The average molecular weight is 319 g/mol. The number of rotatable bonds is 5. The van der Waals surface area contributed by atoms with Crippen LogP contribution >= 0.6 is 0 Å². The molecule has 0 spiro atoms. The lowest BCUT2D eigenvalue weighted by molar-refractivity contribution is 1.09. The van der Waals surface area contributed by atoms with E-state index in [1.165, 1.54) is 11.1 Å². The van der Waals surface area contributed by atoms with Crippen molar-refractivity contribution in [3.05, 3.63) is 59.9 Å². The molecule has 122 valence electrons. The standard InChI is InChI=1S/C19H21N5/c1-4-21-19-22-16(15-9-6-10-20-12-15)11-17(24-19)23-18-13(2)7-5-8-14(18)3/h5-12H,4H2,1-3H3,(H2,21,22,23,24). The maximum Gasteiger partial charge on any atom is 0.225 e. The Labute approximate surface area is 142 Å². The summed E-state index contributed by atoms with van der Waals surface area (Å²) in [5.74, 6) is 1.37. The summed E-state index contributed by atoms with van der Waals surface area (Å²) in [7, 11) is 0. The van der Waals surface area contributed by atoms with Crippen LogP contribution in [0, 0.1) is 13.8 Å². The summed E-state index contributed by atoms with van der Waals surface area (Å²) < 4.78 is 0. The number of hydrogen-bond donors (Lipinski definition) is 2. The van der Waals surface area contributed by atoms with Gasteiger partial charge in [-0.05, 0) is 44.0 Å². The first-order chi connectivity index (χ1) is 11.7. The fourth-order valence-corrected chi connectivity index (χ4v) is 2.55. The van der Waals surface area contributed by atoms with E-state index in [0.717, 1.165) is 29.3 Å². The van der Waals surface area contributed by atoms with Gasteiger partial charge in [0.1, 0.15) is 5.82 Å². The molecule has 0 atom stereocenters. The lowest BCUT2D eigenvalue weighted by atomic mass is 10.1. The first-order valence-electron chi connectivity index (χ1n) is 8.04. The Morgan fingerprint density at radius 2 is 1.79 bits per heavy atom. The largest absolute Gasteiger partial charge is 0.354 e. The van der Waals surface area contributed by atoms with Gasteiger partial charge in [0.15, 0.2) is 0 Å². The minimum absolute atomic E-state index is 0.604. The Kier molecular flexibility index (Phi) is 4.70. The molecule has 0 saturated carbocycles. The predicted octanol–water partition coefficient (Wildman–Crippen LogP) is 4.33. The van der Waals surface area contributed by atoms with E-state index in [4.69, 9.17) is 0 Å². The van der Waals surface area contributed by atoms with Crippen molar-refractivity contribution >= 4 is 17.5 Å². The van der Waals surface area contributed by atoms with Gasteiger partial charge in [-0.25, -0.2) is 4.98 Å². The summed E-state index contributed by atoms with van der Waals surface area (Å²) in [5, 5.41) is 6.63. The van der Waals surface area contributed by atoms with Gasteiger partial charge in [-0.3, -0.25) is 4.98 Å². The highest BCUT2D eigenvalue weighted by atomic mass is 15.1. The molecule has 2 aromatic heterocycles. The number of benzene rings is 1. The van der Waals surface area contributed by atoms with Crippen LogP contribution in [0.2, 0.25) is 0 Å². The molecule has 5 nitrogen and oxygen atoms in total. The number of para-hydroxylation sites is 1. The van der Waals surface area contributed by atoms with Crippen molar-refractivity contribution < 1.29 is 0 Å². The van der Waals surface area contributed by atoms with Crippen molar-refractivity contribution in [1.82, 2.24) is 15.0 Å². The van der Waals surface area contributed by atoms with Crippen molar-refractivity contribution in [1.29, 1.82) is 0 Å². The summed E-state index contributed by atoms with van der Waals surface area (Å²) in [5.41, 5.74) is 5.24. The second-order valence-electron chi connectivity index (χ2n) is 5.63. The van der Waals surface area contributed by atoms with Gasteiger partial charge in [0.2, 0.25) is 5.95 Å². The zero-order valence-corrected chi connectivity index (χ0v) is 14.2. The van der Waals surface area contributed by atoms with Crippen molar-refractivity contribution in [3.8, 4) is 11.3 Å². The quantitative estimate of drug-likeness (QED) is 0.733. The van der Waals surface area contributed by atoms with Gasteiger partial charge in [-0.1, -0.05) is 18.2 Å². The van der Waals surface area contributed by atoms with Crippen LogP contribution in [0.5, 0.6) is 0 Å².